The van der Waals surface area contributed by atoms with E-state index in [1.165, 1.54) is 5.56 Å². The predicted molar refractivity (Wildman–Crippen MR) is 88.7 cm³/mol. The van der Waals surface area contributed by atoms with Crippen molar-refractivity contribution in [3.05, 3.63) is 35.9 Å². The number of likely N-dealkylation sites (tertiary alicyclic amines) is 1. The molecule has 1 aliphatic heterocycles. The molecule has 0 N–H and O–H groups in total. The highest BCUT2D eigenvalue weighted by Crippen LogP contribution is 2.20. The van der Waals surface area contributed by atoms with Gasteiger partial charge in [-0.1, -0.05) is 30.3 Å². The van der Waals surface area contributed by atoms with Crippen molar-refractivity contribution in [2.24, 2.45) is 0 Å². The highest BCUT2D eigenvalue weighted by molar-refractivity contribution is 5.68. The number of hydrogen-bond acceptors (Lipinski definition) is 3. The van der Waals surface area contributed by atoms with Crippen LogP contribution in [0.1, 0.15) is 39.7 Å². The Morgan fingerprint density at radius 3 is 2.59 bits per heavy atom. The van der Waals surface area contributed by atoms with E-state index in [0.29, 0.717) is 6.54 Å². The fraction of sp³-hybridized carbons (Fsp3) is 0.611. The van der Waals surface area contributed by atoms with Gasteiger partial charge in [0, 0.05) is 32.2 Å². The summed E-state index contributed by atoms with van der Waals surface area (Å²) in [6.45, 7) is 11.3. The number of amides is 1. The standard InChI is InChI=1S/C18H28N2O2/c1-5-20(17(21)22-18(2,3)4)16-11-12-19(14-16)13-15-9-7-6-8-10-15/h6-10,16H,5,11-14H2,1-4H3. The maximum Gasteiger partial charge on any atom is 0.410 e. The number of ether oxygens (including phenoxy) is 1. The molecular weight excluding hydrogens is 276 g/mol. The molecule has 0 aromatic heterocycles. The lowest BCUT2D eigenvalue weighted by molar-refractivity contribution is 0.0180. The maximum atomic E-state index is 12.3. The second-order valence-electron chi connectivity index (χ2n) is 6.93. The van der Waals surface area contributed by atoms with Crippen LogP contribution >= 0.6 is 0 Å². The molecule has 0 aliphatic carbocycles. The molecule has 1 atom stereocenters. The van der Waals surface area contributed by atoms with Gasteiger partial charge in [0.05, 0.1) is 0 Å². The lowest BCUT2D eigenvalue weighted by Crippen LogP contribution is -2.44. The molecule has 2 rings (SSSR count). The monoisotopic (exact) mass is 304 g/mol. The minimum atomic E-state index is -0.438. The van der Waals surface area contributed by atoms with Gasteiger partial charge in [0.25, 0.3) is 0 Å². The smallest absolute Gasteiger partial charge is 0.410 e. The zero-order valence-electron chi connectivity index (χ0n) is 14.2. The van der Waals surface area contributed by atoms with Crippen LogP contribution in [-0.4, -0.2) is 47.2 Å². The summed E-state index contributed by atoms with van der Waals surface area (Å²) in [7, 11) is 0. The fourth-order valence-electron chi connectivity index (χ4n) is 2.91. The zero-order valence-corrected chi connectivity index (χ0v) is 14.2. The van der Waals surface area contributed by atoms with Gasteiger partial charge in [-0.2, -0.15) is 0 Å². The van der Waals surface area contributed by atoms with Gasteiger partial charge < -0.3 is 9.64 Å². The van der Waals surface area contributed by atoms with Crippen LogP contribution in [0.3, 0.4) is 0 Å². The Morgan fingerprint density at radius 2 is 2.00 bits per heavy atom. The number of benzene rings is 1. The molecule has 4 nitrogen and oxygen atoms in total. The van der Waals surface area contributed by atoms with Gasteiger partial charge in [0.1, 0.15) is 5.60 Å². The van der Waals surface area contributed by atoms with E-state index in [2.05, 4.69) is 29.2 Å². The lowest BCUT2D eigenvalue weighted by Gasteiger charge is -2.30. The Hall–Kier alpha value is -1.55. The summed E-state index contributed by atoms with van der Waals surface area (Å²) in [5, 5.41) is 0. The number of hydrogen-bond donors (Lipinski definition) is 0. The van der Waals surface area contributed by atoms with Gasteiger partial charge in [-0.05, 0) is 39.7 Å². The Morgan fingerprint density at radius 1 is 1.32 bits per heavy atom. The largest absolute Gasteiger partial charge is 0.444 e. The van der Waals surface area contributed by atoms with E-state index in [9.17, 15) is 4.79 Å². The van der Waals surface area contributed by atoms with E-state index < -0.39 is 5.60 Å². The predicted octanol–water partition coefficient (Wildman–Crippen LogP) is 3.52. The maximum absolute atomic E-state index is 12.3. The van der Waals surface area contributed by atoms with Crippen molar-refractivity contribution >= 4 is 6.09 Å². The van der Waals surface area contributed by atoms with Gasteiger partial charge in [0.2, 0.25) is 0 Å². The van der Waals surface area contributed by atoms with Gasteiger partial charge in [0.15, 0.2) is 0 Å². The van der Waals surface area contributed by atoms with Crippen LogP contribution in [0.4, 0.5) is 4.79 Å². The third-order valence-electron chi connectivity index (χ3n) is 3.91. The Kier molecular flexibility index (Phi) is 5.46. The van der Waals surface area contributed by atoms with Crippen LogP contribution in [-0.2, 0) is 11.3 Å². The first kappa shape index (κ1) is 16.8. The Bertz CT molecular complexity index is 482. The van der Waals surface area contributed by atoms with Crippen LogP contribution in [0.5, 0.6) is 0 Å². The third-order valence-corrected chi connectivity index (χ3v) is 3.91. The Balaban J connectivity index is 1.91. The summed E-state index contributed by atoms with van der Waals surface area (Å²) in [6.07, 6.45) is 0.821. The fourth-order valence-corrected chi connectivity index (χ4v) is 2.91. The SMILES string of the molecule is CCN(C(=O)OC(C)(C)C)C1CCN(Cc2ccccc2)C1. The zero-order chi connectivity index (χ0) is 16.2. The van der Waals surface area contributed by atoms with Crippen LogP contribution in [0.25, 0.3) is 0 Å². The second kappa shape index (κ2) is 7.14. The van der Waals surface area contributed by atoms with Crippen molar-refractivity contribution in [1.29, 1.82) is 0 Å². The van der Waals surface area contributed by atoms with Gasteiger partial charge in [-0.15, -0.1) is 0 Å². The molecule has 1 unspecified atom stereocenters. The third kappa shape index (κ3) is 4.73. The van der Waals surface area contributed by atoms with Crippen LogP contribution in [0.2, 0.25) is 0 Å². The minimum absolute atomic E-state index is 0.193. The van der Waals surface area contributed by atoms with Crippen molar-refractivity contribution in [3.63, 3.8) is 0 Å². The number of nitrogens with zero attached hydrogens (tertiary/aromatic N) is 2. The van der Waals surface area contributed by atoms with E-state index in [4.69, 9.17) is 4.74 Å². The summed E-state index contributed by atoms with van der Waals surface area (Å²) >= 11 is 0. The molecule has 0 radical (unpaired) electrons. The molecule has 1 heterocycles. The molecule has 22 heavy (non-hydrogen) atoms. The van der Waals surface area contributed by atoms with Crippen LogP contribution in [0, 0.1) is 0 Å². The minimum Gasteiger partial charge on any atom is -0.444 e. The molecule has 0 spiro atoms. The topological polar surface area (TPSA) is 32.8 Å². The second-order valence-corrected chi connectivity index (χ2v) is 6.93. The molecule has 1 aliphatic rings. The molecule has 0 saturated carbocycles. The van der Waals surface area contributed by atoms with Crippen molar-refractivity contribution in [2.45, 2.75) is 52.3 Å². The van der Waals surface area contributed by atoms with E-state index in [1.54, 1.807) is 0 Å². The number of carbonyl (C=O) groups is 1. The van der Waals surface area contributed by atoms with E-state index in [0.717, 1.165) is 26.1 Å². The lowest BCUT2D eigenvalue weighted by atomic mass is 10.2. The highest BCUT2D eigenvalue weighted by atomic mass is 16.6. The van der Waals surface area contributed by atoms with Gasteiger partial charge in [-0.3, -0.25) is 4.90 Å². The quantitative estimate of drug-likeness (QED) is 0.853. The van der Waals surface area contributed by atoms with Crippen LogP contribution in [0.15, 0.2) is 30.3 Å². The first-order valence-corrected chi connectivity index (χ1v) is 8.15. The molecule has 1 fully saturated rings. The highest BCUT2D eigenvalue weighted by Gasteiger charge is 2.32. The summed E-state index contributed by atoms with van der Waals surface area (Å²) < 4.78 is 5.53. The summed E-state index contributed by atoms with van der Waals surface area (Å²) in [6, 6.07) is 10.7. The molecule has 1 amide bonds. The average molecular weight is 304 g/mol. The van der Waals surface area contributed by atoms with Crippen molar-refractivity contribution in [2.75, 3.05) is 19.6 Å². The van der Waals surface area contributed by atoms with E-state index >= 15 is 0 Å². The van der Waals surface area contributed by atoms with Crippen LogP contribution < -0.4 is 0 Å². The van der Waals surface area contributed by atoms with Crippen molar-refractivity contribution in [3.8, 4) is 0 Å². The number of carbonyl (C=O) groups excluding carboxylic acids is 1. The average Bonchev–Trinajstić information content (AvgIpc) is 2.87. The van der Waals surface area contributed by atoms with Crippen molar-refractivity contribution in [1.82, 2.24) is 9.80 Å². The summed E-state index contributed by atoms with van der Waals surface area (Å²) in [5.74, 6) is 0. The Labute approximate surface area is 134 Å². The summed E-state index contributed by atoms with van der Waals surface area (Å²) in [4.78, 5) is 16.6. The molecule has 4 heteroatoms. The molecular formula is C18H28N2O2. The summed E-state index contributed by atoms with van der Waals surface area (Å²) in [5.41, 5.74) is 0.885. The molecule has 1 saturated heterocycles. The first-order chi connectivity index (χ1) is 10.4. The van der Waals surface area contributed by atoms with E-state index in [1.807, 2.05) is 38.7 Å². The molecule has 0 bridgehead atoms. The normalized spacial score (nSPS) is 19.2. The molecule has 1 aromatic carbocycles. The first-order valence-electron chi connectivity index (χ1n) is 8.15. The van der Waals surface area contributed by atoms with Crippen molar-refractivity contribution < 1.29 is 9.53 Å². The van der Waals surface area contributed by atoms with Gasteiger partial charge in [-0.25, -0.2) is 4.79 Å². The molecule has 1 aromatic rings. The van der Waals surface area contributed by atoms with Gasteiger partial charge >= 0.3 is 6.09 Å². The van der Waals surface area contributed by atoms with E-state index in [-0.39, 0.29) is 12.1 Å². The number of rotatable bonds is 4. The molecule has 122 valence electrons. The number of likely N-dealkylation sites (N-methyl/N-ethyl adjacent to an activating group) is 1.